The third-order valence-electron chi connectivity index (χ3n) is 5.07. The van der Waals surface area contributed by atoms with Crippen LogP contribution < -0.4 is 5.32 Å². The lowest BCUT2D eigenvalue weighted by atomic mass is 9.63. The Kier molecular flexibility index (Phi) is 5.27. The van der Waals surface area contributed by atoms with Crippen molar-refractivity contribution in [3.8, 4) is 0 Å². The number of nitrogens with zero attached hydrogens (tertiary/aromatic N) is 1. The molecule has 2 rings (SSSR count). The Hall–Kier alpha value is -0.120. The number of hydrogen-bond acceptors (Lipinski definition) is 3. The number of hydrogen-bond donors (Lipinski definition) is 1. The summed E-state index contributed by atoms with van der Waals surface area (Å²) in [7, 11) is 0. The van der Waals surface area contributed by atoms with Crippen LogP contribution in [0.25, 0.3) is 0 Å². The van der Waals surface area contributed by atoms with Crippen molar-refractivity contribution < 1.29 is 4.74 Å². The van der Waals surface area contributed by atoms with Crippen LogP contribution in [-0.4, -0.2) is 49.3 Å². The van der Waals surface area contributed by atoms with Gasteiger partial charge in [-0.3, -0.25) is 4.90 Å². The van der Waals surface area contributed by atoms with Crippen LogP contribution in [0.4, 0.5) is 0 Å². The molecule has 0 spiro atoms. The minimum atomic E-state index is 0.322. The van der Waals surface area contributed by atoms with Crippen LogP contribution in [0, 0.1) is 5.41 Å². The summed E-state index contributed by atoms with van der Waals surface area (Å²) in [5.41, 5.74) is 0.322. The first-order chi connectivity index (χ1) is 9.09. The van der Waals surface area contributed by atoms with Gasteiger partial charge in [0.2, 0.25) is 0 Å². The topological polar surface area (TPSA) is 24.5 Å². The summed E-state index contributed by atoms with van der Waals surface area (Å²) in [6.07, 6.45) is 5.61. The van der Waals surface area contributed by atoms with Crippen LogP contribution in [0.3, 0.4) is 0 Å². The molecule has 0 radical (unpaired) electrons. The largest absolute Gasteiger partial charge is 0.378 e. The molecule has 0 aromatic rings. The van der Waals surface area contributed by atoms with E-state index < -0.39 is 0 Å². The number of rotatable bonds is 6. The smallest absolute Gasteiger partial charge is 0.0655 e. The van der Waals surface area contributed by atoms with Gasteiger partial charge in [0.15, 0.2) is 0 Å². The summed E-state index contributed by atoms with van der Waals surface area (Å²) in [5, 5.41) is 3.70. The van der Waals surface area contributed by atoms with Crippen molar-refractivity contribution in [1.82, 2.24) is 10.2 Å². The number of piperidine rings is 1. The molecule has 3 atom stereocenters. The quantitative estimate of drug-likeness (QED) is 0.801. The van der Waals surface area contributed by atoms with E-state index in [1.807, 2.05) is 0 Å². The van der Waals surface area contributed by atoms with Crippen molar-refractivity contribution in [1.29, 1.82) is 0 Å². The van der Waals surface area contributed by atoms with E-state index in [9.17, 15) is 0 Å². The Morgan fingerprint density at radius 3 is 2.74 bits per heavy atom. The highest BCUT2D eigenvalue weighted by molar-refractivity contribution is 5.05. The van der Waals surface area contributed by atoms with Crippen molar-refractivity contribution in [2.75, 3.05) is 26.2 Å². The minimum Gasteiger partial charge on any atom is -0.378 e. The van der Waals surface area contributed by atoms with E-state index in [2.05, 4.69) is 37.9 Å². The fraction of sp³-hybridized carbons (Fsp3) is 1.00. The lowest BCUT2D eigenvalue weighted by molar-refractivity contribution is -0.154. The van der Waals surface area contributed by atoms with Gasteiger partial charge in [0.25, 0.3) is 0 Å². The zero-order valence-electron chi connectivity index (χ0n) is 13.2. The van der Waals surface area contributed by atoms with Gasteiger partial charge in [-0.05, 0) is 45.7 Å². The molecule has 1 aliphatic heterocycles. The molecule has 3 nitrogen and oxygen atoms in total. The van der Waals surface area contributed by atoms with Crippen LogP contribution in [0.1, 0.15) is 53.4 Å². The standard InChI is InChI=1S/C16H32N2O/c1-5-9-17-13-8-7-10-18(12-13)14-11-15(19-6-2)16(14,3)4/h13-15,17H,5-12H2,1-4H3. The van der Waals surface area contributed by atoms with Gasteiger partial charge in [0.1, 0.15) is 0 Å². The summed E-state index contributed by atoms with van der Waals surface area (Å²) in [4.78, 5) is 2.71. The maximum atomic E-state index is 5.86. The second kappa shape index (κ2) is 6.55. The fourth-order valence-corrected chi connectivity index (χ4v) is 3.77. The van der Waals surface area contributed by atoms with Gasteiger partial charge in [-0.25, -0.2) is 0 Å². The van der Waals surface area contributed by atoms with Gasteiger partial charge in [-0.15, -0.1) is 0 Å². The maximum absolute atomic E-state index is 5.86. The van der Waals surface area contributed by atoms with E-state index in [-0.39, 0.29) is 0 Å². The lowest BCUT2D eigenvalue weighted by Gasteiger charge is -2.57. The molecule has 0 bridgehead atoms. The first-order valence-electron chi connectivity index (χ1n) is 8.18. The molecular weight excluding hydrogens is 236 g/mol. The average molecular weight is 268 g/mol. The highest BCUT2D eigenvalue weighted by atomic mass is 16.5. The molecule has 1 N–H and O–H groups in total. The molecule has 0 aromatic carbocycles. The minimum absolute atomic E-state index is 0.322. The normalized spacial score (nSPS) is 35.1. The lowest BCUT2D eigenvalue weighted by Crippen LogP contribution is -2.64. The summed E-state index contributed by atoms with van der Waals surface area (Å²) >= 11 is 0. The molecule has 3 unspecified atom stereocenters. The molecule has 0 amide bonds. The summed E-state index contributed by atoms with van der Waals surface area (Å²) < 4.78 is 5.86. The Labute approximate surface area is 119 Å². The Balaban J connectivity index is 1.85. The van der Waals surface area contributed by atoms with Crippen LogP contribution in [0.15, 0.2) is 0 Å². The van der Waals surface area contributed by atoms with E-state index >= 15 is 0 Å². The van der Waals surface area contributed by atoms with Gasteiger partial charge >= 0.3 is 0 Å². The summed E-state index contributed by atoms with van der Waals surface area (Å²) in [5.74, 6) is 0. The zero-order valence-corrected chi connectivity index (χ0v) is 13.2. The molecule has 2 aliphatic rings. The Bertz CT molecular complexity index is 280. The second-order valence-electron chi connectivity index (χ2n) is 6.81. The van der Waals surface area contributed by atoms with Crippen molar-refractivity contribution in [2.45, 2.75) is 71.6 Å². The number of likely N-dealkylation sites (tertiary alicyclic amines) is 1. The first-order valence-corrected chi connectivity index (χ1v) is 8.18. The molecule has 1 saturated carbocycles. The molecule has 19 heavy (non-hydrogen) atoms. The highest BCUT2D eigenvalue weighted by Crippen LogP contribution is 2.46. The predicted molar refractivity (Wildman–Crippen MR) is 80.5 cm³/mol. The van der Waals surface area contributed by atoms with E-state index in [1.165, 1.54) is 38.8 Å². The van der Waals surface area contributed by atoms with Crippen LogP contribution in [-0.2, 0) is 4.74 Å². The first kappa shape index (κ1) is 15.3. The van der Waals surface area contributed by atoms with Gasteiger partial charge < -0.3 is 10.1 Å². The highest BCUT2D eigenvalue weighted by Gasteiger charge is 2.51. The molecule has 2 fully saturated rings. The third-order valence-corrected chi connectivity index (χ3v) is 5.07. The zero-order chi connectivity index (χ0) is 13.9. The van der Waals surface area contributed by atoms with E-state index in [0.29, 0.717) is 17.6 Å². The van der Waals surface area contributed by atoms with Gasteiger partial charge in [0.05, 0.1) is 6.10 Å². The van der Waals surface area contributed by atoms with E-state index in [1.54, 1.807) is 0 Å². The molecular formula is C16H32N2O. The molecule has 3 heteroatoms. The molecule has 112 valence electrons. The third kappa shape index (κ3) is 3.32. The van der Waals surface area contributed by atoms with Crippen LogP contribution in [0.2, 0.25) is 0 Å². The van der Waals surface area contributed by atoms with Crippen molar-refractivity contribution in [2.24, 2.45) is 5.41 Å². The van der Waals surface area contributed by atoms with Crippen molar-refractivity contribution >= 4 is 0 Å². The fourth-order valence-electron chi connectivity index (χ4n) is 3.77. The molecule has 1 aliphatic carbocycles. The van der Waals surface area contributed by atoms with Gasteiger partial charge in [-0.1, -0.05) is 20.8 Å². The van der Waals surface area contributed by atoms with Crippen molar-refractivity contribution in [3.63, 3.8) is 0 Å². The van der Waals surface area contributed by atoms with E-state index in [4.69, 9.17) is 4.74 Å². The second-order valence-corrected chi connectivity index (χ2v) is 6.81. The van der Waals surface area contributed by atoms with Gasteiger partial charge in [-0.2, -0.15) is 0 Å². The molecule has 1 heterocycles. The van der Waals surface area contributed by atoms with Gasteiger partial charge in [0, 0.05) is 30.7 Å². The number of nitrogens with one attached hydrogen (secondary N) is 1. The maximum Gasteiger partial charge on any atom is 0.0655 e. The molecule has 0 aromatic heterocycles. The summed E-state index contributed by atoms with van der Waals surface area (Å²) in [6, 6.07) is 1.42. The Morgan fingerprint density at radius 1 is 1.32 bits per heavy atom. The average Bonchev–Trinajstić information content (AvgIpc) is 2.41. The monoisotopic (exact) mass is 268 g/mol. The number of ether oxygens (including phenoxy) is 1. The SMILES string of the molecule is CCCNC1CCCN(C2CC(OCC)C2(C)C)C1. The summed E-state index contributed by atoms with van der Waals surface area (Å²) in [6.45, 7) is 13.6. The van der Waals surface area contributed by atoms with Crippen LogP contribution >= 0.6 is 0 Å². The van der Waals surface area contributed by atoms with E-state index in [0.717, 1.165) is 19.2 Å². The predicted octanol–water partition coefficient (Wildman–Crippen LogP) is 2.65. The Morgan fingerprint density at radius 2 is 2.11 bits per heavy atom. The molecule has 1 saturated heterocycles. The van der Waals surface area contributed by atoms with Crippen molar-refractivity contribution in [3.05, 3.63) is 0 Å². The van der Waals surface area contributed by atoms with Crippen LogP contribution in [0.5, 0.6) is 0 Å².